The van der Waals surface area contributed by atoms with Gasteiger partial charge in [0, 0.05) is 36.7 Å². The maximum Gasteiger partial charge on any atom is 0.223 e. The maximum absolute atomic E-state index is 13.2. The van der Waals surface area contributed by atoms with E-state index in [0.717, 1.165) is 36.0 Å². The molecule has 0 fully saturated rings. The van der Waals surface area contributed by atoms with Crippen LogP contribution in [0.2, 0.25) is 0 Å². The third-order valence-electron chi connectivity index (χ3n) is 7.68. The zero-order chi connectivity index (χ0) is 26.9. The number of rotatable bonds is 7. The van der Waals surface area contributed by atoms with E-state index in [4.69, 9.17) is 9.15 Å². The number of hydrogen-bond donors (Lipinski definition) is 1. The molecule has 1 amide bonds. The highest BCUT2D eigenvalue weighted by Gasteiger charge is 2.29. The molecular formula is C32H29N3O4. The van der Waals surface area contributed by atoms with Crippen molar-refractivity contribution in [2.75, 3.05) is 14.2 Å². The molecule has 1 aliphatic carbocycles. The SMILES string of the molecule is COc1cc2[nH]c(-c3ccc4c(c3)C(N(C)C(=O)CCc3ccccc3)CC4)cc(=O)c2cc1-c1cnco1. The number of nitrogens with zero attached hydrogens (tertiary/aromatic N) is 2. The van der Waals surface area contributed by atoms with Crippen LogP contribution < -0.4 is 10.2 Å². The first-order valence-corrected chi connectivity index (χ1v) is 13.1. The van der Waals surface area contributed by atoms with Gasteiger partial charge in [-0.25, -0.2) is 4.98 Å². The molecular weight excluding hydrogens is 490 g/mol. The van der Waals surface area contributed by atoms with E-state index >= 15 is 0 Å². The Morgan fingerprint density at radius 3 is 2.74 bits per heavy atom. The van der Waals surface area contributed by atoms with Gasteiger partial charge in [-0.15, -0.1) is 0 Å². The lowest BCUT2D eigenvalue weighted by Crippen LogP contribution is -2.30. The highest BCUT2D eigenvalue weighted by molar-refractivity contribution is 5.88. The number of aromatic nitrogens is 2. The van der Waals surface area contributed by atoms with Gasteiger partial charge in [0.25, 0.3) is 0 Å². The van der Waals surface area contributed by atoms with Gasteiger partial charge in [0.15, 0.2) is 17.6 Å². The van der Waals surface area contributed by atoms with Crippen LogP contribution in [0.5, 0.6) is 5.75 Å². The predicted octanol–water partition coefficient (Wildman–Crippen LogP) is 5.94. The summed E-state index contributed by atoms with van der Waals surface area (Å²) in [6.07, 6.45) is 5.96. The van der Waals surface area contributed by atoms with E-state index in [1.807, 2.05) is 42.3 Å². The summed E-state index contributed by atoms with van der Waals surface area (Å²) in [4.78, 5) is 35.6. The van der Waals surface area contributed by atoms with Gasteiger partial charge in [-0.1, -0.05) is 42.5 Å². The molecule has 7 nitrogen and oxygen atoms in total. The Morgan fingerprint density at radius 2 is 1.97 bits per heavy atom. The monoisotopic (exact) mass is 519 g/mol. The number of ether oxygens (including phenoxy) is 1. The molecule has 3 aromatic carbocycles. The molecule has 0 saturated heterocycles. The van der Waals surface area contributed by atoms with Crippen LogP contribution in [0, 0.1) is 0 Å². The van der Waals surface area contributed by atoms with E-state index in [1.54, 1.807) is 25.4 Å². The van der Waals surface area contributed by atoms with Crippen LogP contribution in [-0.4, -0.2) is 34.9 Å². The first-order valence-electron chi connectivity index (χ1n) is 13.1. The molecule has 1 aliphatic rings. The number of methoxy groups -OCH3 is 1. The van der Waals surface area contributed by atoms with Gasteiger partial charge in [-0.3, -0.25) is 9.59 Å². The topological polar surface area (TPSA) is 88.4 Å². The first kappa shape index (κ1) is 24.7. The zero-order valence-electron chi connectivity index (χ0n) is 21.9. The number of amides is 1. The summed E-state index contributed by atoms with van der Waals surface area (Å²) in [5.74, 6) is 1.25. The minimum atomic E-state index is -0.104. The fraction of sp³-hybridized carbons (Fsp3) is 0.219. The molecule has 0 radical (unpaired) electrons. The second-order valence-corrected chi connectivity index (χ2v) is 9.97. The van der Waals surface area contributed by atoms with Crippen LogP contribution in [0.15, 0.2) is 88.5 Å². The second-order valence-electron chi connectivity index (χ2n) is 9.97. The predicted molar refractivity (Wildman–Crippen MR) is 151 cm³/mol. The molecule has 2 aromatic heterocycles. The van der Waals surface area contributed by atoms with Gasteiger partial charge in [-0.05, 0) is 53.6 Å². The Balaban J connectivity index is 1.30. The first-order chi connectivity index (χ1) is 19.0. The molecule has 5 aromatic rings. The lowest BCUT2D eigenvalue weighted by molar-refractivity contribution is -0.132. The van der Waals surface area contributed by atoms with Crippen LogP contribution in [0.3, 0.4) is 0 Å². The summed E-state index contributed by atoms with van der Waals surface area (Å²) < 4.78 is 11.0. The molecule has 7 heteroatoms. The van der Waals surface area contributed by atoms with Crippen LogP contribution in [0.1, 0.15) is 35.6 Å². The van der Waals surface area contributed by atoms with E-state index in [9.17, 15) is 9.59 Å². The third-order valence-corrected chi connectivity index (χ3v) is 7.68. The Morgan fingerprint density at radius 1 is 1.13 bits per heavy atom. The lowest BCUT2D eigenvalue weighted by Gasteiger charge is -2.26. The van der Waals surface area contributed by atoms with E-state index in [-0.39, 0.29) is 17.4 Å². The van der Waals surface area contributed by atoms with Crippen LogP contribution in [0.4, 0.5) is 0 Å². The molecule has 0 spiro atoms. The fourth-order valence-electron chi connectivity index (χ4n) is 5.54. The van der Waals surface area contributed by atoms with Crippen molar-refractivity contribution in [2.45, 2.75) is 31.7 Å². The lowest BCUT2D eigenvalue weighted by atomic mass is 10.00. The summed E-state index contributed by atoms with van der Waals surface area (Å²) in [6, 6.07) is 21.6. The van der Waals surface area contributed by atoms with E-state index in [0.29, 0.717) is 40.1 Å². The molecule has 0 aliphatic heterocycles. The standard InChI is InChI=1S/C32H29N3O4/c1-35(32(37)13-8-20-6-4-3-5-7-20)28-12-11-21-9-10-22(14-23(21)28)26-16-29(36)24-15-25(31-18-33-19-39-31)30(38-2)17-27(24)34-26/h3-7,9-10,14-19,28H,8,11-13H2,1-2H3,(H,34,36). The molecule has 6 rings (SSSR count). The number of nitrogens with one attached hydrogen (secondary N) is 1. The average molecular weight is 520 g/mol. The molecule has 39 heavy (non-hydrogen) atoms. The molecule has 2 heterocycles. The van der Waals surface area contributed by atoms with Gasteiger partial charge in [0.1, 0.15) is 5.75 Å². The minimum Gasteiger partial charge on any atom is -0.496 e. The summed E-state index contributed by atoms with van der Waals surface area (Å²) in [5.41, 5.74) is 6.40. The van der Waals surface area contributed by atoms with Gasteiger partial charge in [-0.2, -0.15) is 0 Å². The number of hydrogen-bond acceptors (Lipinski definition) is 5. The van der Waals surface area contributed by atoms with Crippen molar-refractivity contribution < 1.29 is 13.9 Å². The molecule has 1 unspecified atom stereocenters. The molecule has 0 saturated carbocycles. The van der Waals surface area contributed by atoms with Crippen LogP contribution >= 0.6 is 0 Å². The van der Waals surface area contributed by atoms with Gasteiger partial charge in [0.2, 0.25) is 5.91 Å². The zero-order valence-corrected chi connectivity index (χ0v) is 21.9. The Hall–Kier alpha value is -4.65. The van der Waals surface area contributed by atoms with Gasteiger partial charge in [0.05, 0.1) is 30.4 Å². The van der Waals surface area contributed by atoms with E-state index in [1.165, 1.54) is 12.0 Å². The molecule has 1 N–H and O–H groups in total. The Bertz CT molecular complexity index is 1710. The van der Waals surface area contributed by atoms with Crippen LogP contribution in [0.25, 0.3) is 33.5 Å². The van der Waals surface area contributed by atoms with Gasteiger partial charge >= 0.3 is 0 Å². The van der Waals surface area contributed by atoms with Crippen molar-refractivity contribution in [1.82, 2.24) is 14.9 Å². The smallest absolute Gasteiger partial charge is 0.223 e. The summed E-state index contributed by atoms with van der Waals surface area (Å²) >= 11 is 0. The largest absolute Gasteiger partial charge is 0.496 e. The van der Waals surface area contributed by atoms with Crippen LogP contribution in [-0.2, 0) is 17.6 Å². The van der Waals surface area contributed by atoms with E-state index in [2.05, 4.69) is 34.2 Å². The number of aryl methyl sites for hydroxylation is 2. The molecule has 0 bridgehead atoms. The quantitative estimate of drug-likeness (QED) is 0.288. The van der Waals surface area contributed by atoms with Gasteiger partial charge < -0.3 is 19.0 Å². The minimum absolute atomic E-state index is 0.0139. The van der Waals surface area contributed by atoms with Crippen molar-refractivity contribution in [2.24, 2.45) is 0 Å². The van der Waals surface area contributed by atoms with Crippen molar-refractivity contribution in [1.29, 1.82) is 0 Å². The summed E-state index contributed by atoms with van der Waals surface area (Å²) in [6.45, 7) is 0. The Labute approximate surface area is 226 Å². The number of oxazole rings is 1. The third kappa shape index (κ3) is 4.72. The second kappa shape index (κ2) is 10.3. The number of H-pyrrole nitrogens is 1. The molecule has 1 atom stereocenters. The van der Waals surface area contributed by atoms with Crippen molar-refractivity contribution in [3.8, 4) is 28.3 Å². The number of benzene rings is 3. The number of pyridine rings is 1. The normalized spacial score (nSPS) is 14.4. The Kier molecular flexibility index (Phi) is 6.49. The van der Waals surface area contributed by atoms with Crippen molar-refractivity contribution >= 4 is 16.8 Å². The van der Waals surface area contributed by atoms with Crippen molar-refractivity contribution in [3.05, 3.63) is 106 Å². The average Bonchev–Trinajstić information content (AvgIpc) is 3.65. The highest BCUT2D eigenvalue weighted by atomic mass is 16.5. The summed E-state index contributed by atoms with van der Waals surface area (Å²) in [5, 5.41) is 0.536. The fourth-order valence-corrected chi connectivity index (χ4v) is 5.54. The number of carbonyl (C=O) groups excluding carboxylic acids is 1. The number of aromatic amines is 1. The number of fused-ring (bicyclic) bond motifs is 2. The van der Waals surface area contributed by atoms with Crippen molar-refractivity contribution in [3.63, 3.8) is 0 Å². The summed E-state index contributed by atoms with van der Waals surface area (Å²) in [7, 11) is 3.48. The van der Waals surface area contributed by atoms with E-state index < -0.39 is 0 Å². The molecule has 196 valence electrons. The number of carbonyl (C=O) groups is 1. The maximum atomic E-state index is 13.2. The highest BCUT2D eigenvalue weighted by Crippen LogP contribution is 2.38.